The summed E-state index contributed by atoms with van der Waals surface area (Å²) in [4.78, 5) is 12.0. The lowest BCUT2D eigenvalue weighted by Crippen LogP contribution is -2.32. The SMILES string of the molecule is Nc1cc(C(=O)NCC2CCOCC2)cc(Cl)c1Cl. The number of nitrogens with one attached hydrogen (secondary N) is 1. The van der Waals surface area contributed by atoms with Crippen molar-refractivity contribution in [1.29, 1.82) is 0 Å². The Kier molecular flexibility index (Phi) is 4.91. The minimum atomic E-state index is -0.184. The van der Waals surface area contributed by atoms with Crippen molar-refractivity contribution in [3.8, 4) is 0 Å². The highest BCUT2D eigenvalue weighted by Gasteiger charge is 2.16. The molecule has 1 saturated heterocycles. The van der Waals surface area contributed by atoms with Gasteiger partial charge in [-0.25, -0.2) is 0 Å². The van der Waals surface area contributed by atoms with Crippen molar-refractivity contribution >= 4 is 34.8 Å². The molecule has 1 aromatic carbocycles. The van der Waals surface area contributed by atoms with E-state index in [1.165, 1.54) is 12.1 Å². The Morgan fingerprint density at radius 2 is 2.05 bits per heavy atom. The molecule has 0 spiro atoms. The van der Waals surface area contributed by atoms with Gasteiger partial charge in [0.2, 0.25) is 0 Å². The molecular formula is C13H16Cl2N2O2. The number of amides is 1. The maximum atomic E-state index is 12.0. The predicted octanol–water partition coefficient (Wildman–Crippen LogP) is 2.73. The molecule has 3 N–H and O–H groups in total. The van der Waals surface area contributed by atoms with E-state index in [9.17, 15) is 4.79 Å². The molecule has 4 nitrogen and oxygen atoms in total. The predicted molar refractivity (Wildman–Crippen MR) is 76.8 cm³/mol. The largest absolute Gasteiger partial charge is 0.397 e. The van der Waals surface area contributed by atoms with E-state index in [0.29, 0.717) is 23.7 Å². The summed E-state index contributed by atoms with van der Waals surface area (Å²) in [5.74, 6) is 0.287. The van der Waals surface area contributed by atoms with Crippen LogP contribution in [0.3, 0.4) is 0 Å². The zero-order chi connectivity index (χ0) is 13.8. The fourth-order valence-electron chi connectivity index (χ4n) is 2.03. The third-order valence-corrected chi connectivity index (χ3v) is 4.03. The van der Waals surface area contributed by atoms with Crippen LogP contribution in [0.2, 0.25) is 10.0 Å². The van der Waals surface area contributed by atoms with Crippen LogP contribution in [-0.4, -0.2) is 25.7 Å². The Hall–Kier alpha value is -0.970. The molecule has 0 unspecified atom stereocenters. The quantitative estimate of drug-likeness (QED) is 0.844. The normalized spacial score (nSPS) is 16.3. The van der Waals surface area contributed by atoms with Crippen LogP contribution in [0.25, 0.3) is 0 Å². The number of nitrogen functional groups attached to an aromatic ring is 1. The molecule has 1 aliphatic heterocycles. The van der Waals surface area contributed by atoms with Gasteiger partial charge in [0.15, 0.2) is 0 Å². The van der Waals surface area contributed by atoms with Crippen molar-refractivity contribution in [3.05, 3.63) is 27.7 Å². The van der Waals surface area contributed by atoms with Crippen LogP contribution >= 0.6 is 23.2 Å². The first-order valence-electron chi connectivity index (χ1n) is 6.18. The van der Waals surface area contributed by atoms with Gasteiger partial charge in [-0.1, -0.05) is 23.2 Å². The van der Waals surface area contributed by atoms with E-state index in [-0.39, 0.29) is 16.0 Å². The van der Waals surface area contributed by atoms with Crippen LogP contribution < -0.4 is 11.1 Å². The summed E-state index contributed by atoms with van der Waals surface area (Å²) in [6.07, 6.45) is 1.95. The molecule has 0 saturated carbocycles. The number of carbonyl (C=O) groups is 1. The molecule has 104 valence electrons. The highest BCUT2D eigenvalue weighted by Crippen LogP contribution is 2.29. The standard InChI is InChI=1S/C13H16Cl2N2O2/c14-10-5-9(6-11(16)12(10)15)13(18)17-7-8-1-3-19-4-2-8/h5-6,8H,1-4,7,16H2,(H,17,18). The lowest BCUT2D eigenvalue weighted by Gasteiger charge is -2.22. The average Bonchev–Trinajstić information content (AvgIpc) is 2.42. The van der Waals surface area contributed by atoms with Crippen molar-refractivity contribution in [2.24, 2.45) is 5.92 Å². The van der Waals surface area contributed by atoms with E-state index in [2.05, 4.69) is 5.32 Å². The lowest BCUT2D eigenvalue weighted by molar-refractivity contribution is 0.0642. The summed E-state index contributed by atoms with van der Waals surface area (Å²) in [7, 11) is 0. The van der Waals surface area contributed by atoms with Crippen LogP contribution in [0.1, 0.15) is 23.2 Å². The number of halogens is 2. The minimum Gasteiger partial charge on any atom is -0.397 e. The fourth-order valence-corrected chi connectivity index (χ4v) is 2.37. The van der Waals surface area contributed by atoms with Crippen LogP contribution in [0, 0.1) is 5.92 Å². The van der Waals surface area contributed by atoms with Crippen LogP contribution in [0.4, 0.5) is 5.69 Å². The molecule has 19 heavy (non-hydrogen) atoms. The molecular weight excluding hydrogens is 287 g/mol. The van der Waals surface area contributed by atoms with Gasteiger partial charge in [0.05, 0.1) is 15.7 Å². The van der Waals surface area contributed by atoms with Crippen molar-refractivity contribution in [1.82, 2.24) is 5.32 Å². The highest BCUT2D eigenvalue weighted by molar-refractivity contribution is 6.43. The summed E-state index contributed by atoms with van der Waals surface area (Å²) >= 11 is 11.8. The van der Waals surface area contributed by atoms with E-state index in [1.807, 2.05) is 0 Å². The molecule has 6 heteroatoms. The van der Waals surface area contributed by atoms with Crippen LogP contribution in [-0.2, 0) is 4.74 Å². The fraction of sp³-hybridized carbons (Fsp3) is 0.462. The van der Waals surface area contributed by atoms with Gasteiger partial charge in [-0.15, -0.1) is 0 Å². The molecule has 1 amide bonds. The molecule has 0 radical (unpaired) electrons. The third kappa shape index (κ3) is 3.75. The summed E-state index contributed by atoms with van der Waals surface area (Å²) < 4.78 is 5.27. The average molecular weight is 303 g/mol. The Morgan fingerprint density at radius 3 is 2.68 bits per heavy atom. The monoisotopic (exact) mass is 302 g/mol. The van der Waals surface area contributed by atoms with Gasteiger partial charge in [0.1, 0.15) is 0 Å². The summed E-state index contributed by atoms with van der Waals surface area (Å²) in [6, 6.07) is 3.06. The Bertz CT molecular complexity index is 451. The first kappa shape index (κ1) is 14.4. The van der Waals surface area contributed by atoms with Crippen LogP contribution in [0.15, 0.2) is 12.1 Å². The number of ether oxygens (including phenoxy) is 1. The highest BCUT2D eigenvalue weighted by atomic mass is 35.5. The lowest BCUT2D eigenvalue weighted by atomic mass is 10.0. The molecule has 0 atom stereocenters. The third-order valence-electron chi connectivity index (χ3n) is 3.21. The van der Waals surface area contributed by atoms with Crippen molar-refractivity contribution in [3.63, 3.8) is 0 Å². The maximum absolute atomic E-state index is 12.0. The first-order valence-corrected chi connectivity index (χ1v) is 6.94. The summed E-state index contributed by atoms with van der Waals surface area (Å²) in [6.45, 7) is 2.17. The van der Waals surface area contributed by atoms with Gasteiger partial charge >= 0.3 is 0 Å². The maximum Gasteiger partial charge on any atom is 0.251 e. The van der Waals surface area contributed by atoms with Gasteiger partial charge in [-0.2, -0.15) is 0 Å². The van der Waals surface area contributed by atoms with Crippen molar-refractivity contribution in [2.45, 2.75) is 12.8 Å². The summed E-state index contributed by atoms with van der Waals surface area (Å²) in [5, 5.41) is 3.46. The number of hydrogen-bond donors (Lipinski definition) is 2. The Labute approximate surface area is 122 Å². The second kappa shape index (κ2) is 6.46. The molecule has 2 rings (SSSR count). The first-order chi connectivity index (χ1) is 9.08. The number of carbonyl (C=O) groups excluding carboxylic acids is 1. The van der Waals surface area contributed by atoms with Gasteiger partial charge in [-0.3, -0.25) is 4.79 Å². The Morgan fingerprint density at radius 1 is 1.37 bits per heavy atom. The van der Waals surface area contributed by atoms with E-state index < -0.39 is 0 Å². The number of rotatable bonds is 3. The Balaban J connectivity index is 1.96. The van der Waals surface area contributed by atoms with E-state index >= 15 is 0 Å². The second-order valence-corrected chi connectivity index (χ2v) is 5.41. The van der Waals surface area contributed by atoms with E-state index in [4.69, 9.17) is 33.7 Å². The summed E-state index contributed by atoms with van der Waals surface area (Å²) in [5.41, 5.74) is 6.43. The molecule has 1 aromatic rings. The van der Waals surface area contributed by atoms with Gasteiger partial charge in [0.25, 0.3) is 5.91 Å². The molecule has 1 heterocycles. The van der Waals surface area contributed by atoms with Crippen LogP contribution in [0.5, 0.6) is 0 Å². The second-order valence-electron chi connectivity index (χ2n) is 4.63. The van der Waals surface area contributed by atoms with Crippen molar-refractivity contribution < 1.29 is 9.53 Å². The smallest absolute Gasteiger partial charge is 0.251 e. The van der Waals surface area contributed by atoms with E-state index in [1.54, 1.807) is 0 Å². The number of anilines is 1. The van der Waals surface area contributed by atoms with Gasteiger partial charge in [0, 0.05) is 25.3 Å². The molecule has 1 fully saturated rings. The topological polar surface area (TPSA) is 64.4 Å². The number of hydrogen-bond acceptors (Lipinski definition) is 3. The number of nitrogens with two attached hydrogens (primary N) is 1. The molecule has 0 aromatic heterocycles. The zero-order valence-corrected chi connectivity index (χ0v) is 11.9. The number of benzene rings is 1. The molecule has 1 aliphatic rings. The van der Waals surface area contributed by atoms with Gasteiger partial charge < -0.3 is 15.8 Å². The molecule has 0 aliphatic carbocycles. The molecule has 0 bridgehead atoms. The van der Waals surface area contributed by atoms with E-state index in [0.717, 1.165) is 26.1 Å². The minimum absolute atomic E-state index is 0.184. The van der Waals surface area contributed by atoms with Gasteiger partial charge in [-0.05, 0) is 30.9 Å². The van der Waals surface area contributed by atoms with Crippen molar-refractivity contribution in [2.75, 3.05) is 25.5 Å². The zero-order valence-electron chi connectivity index (χ0n) is 10.4.